The van der Waals surface area contributed by atoms with Crippen LogP contribution >= 0.6 is 12.4 Å². The molecular formula is C15H31ClN4O2. The number of hydrogen-bond donors (Lipinski definition) is 3. The quantitative estimate of drug-likeness (QED) is 0.588. The van der Waals surface area contributed by atoms with Gasteiger partial charge in [-0.05, 0) is 18.4 Å². The van der Waals surface area contributed by atoms with E-state index in [1.165, 1.54) is 0 Å². The number of hydrogen-bond acceptors (Lipinski definition) is 4. The molecule has 0 aromatic rings. The van der Waals surface area contributed by atoms with Gasteiger partial charge in [-0.1, -0.05) is 20.8 Å². The first-order valence-corrected chi connectivity index (χ1v) is 7.83. The Labute approximate surface area is 140 Å². The molecule has 130 valence electrons. The molecule has 1 rings (SSSR count). The van der Waals surface area contributed by atoms with E-state index < -0.39 is 0 Å². The second kappa shape index (κ2) is 10.8. The number of nitrogens with one attached hydrogen (secondary N) is 3. The van der Waals surface area contributed by atoms with Crippen LogP contribution in [0.1, 0.15) is 33.6 Å². The van der Waals surface area contributed by atoms with Crippen molar-refractivity contribution in [1.29, 1.82) is 0 Å². The molecule has 0 saturated carbocycles. The zero-order chi connectivity index (χ0) is 15.7. The number of amides is 2. The number of carbonyl (C=O) groups excluding carboxylic acids is 2. The monoisotopic (exact) mass is 334 g/mol. The molecular weight excluding hydrogens is 304 g/mol. The van der Waals surface area contributed by atoms with E-state index in [1.807, 2.05) is 20.8 Å². The average Bonchev–Trinajstić information content (AvgIpc) is 2.41. The molecule has 1 aliphatic heterocycles. The molecule has 0 bridgehead atoms. The van der Waals surface area contributed by atoms with E-state index in [9.17, 15) is 9.59 Å². The van der Waals surface area contributed by atoms with Crippen molar-refractivity contribution in [3.63, 3.8) is 0 Å². The van der Waals surface area contributed by atoms with Gasteiger partial charge < -0.3 is 20.9 Å². The third kappa shape index (κ3) is 10.8. The summed E-state index contributed by atoms with van der Waals surface area (Å²) in [5.74, 6) is -0.184. The van der Waals surface area contributed by atoms with Crippen molar-refractivity contribution < 1.29 is 9.59 Å². The van der Waals surface area contributed by atoms with E-state index in [0.717, 1.165) is 39.1 Å². The topological polar surface area (TPSA) is 73.5 Å². The molecule has 1 aliphatic rings. The molecule has 0 spiro atoms. The van der Waals surface area contributed by atoms with E-state index in [4.69, 9.17) is 0 Å². The fraction of sp³-hybridized carbons (Fsp3) is 0.867. The Morgan fingerprint density at radius 2 is 1.73 bits per heavy atom. The van der Waals surface area contributed by atoms with Gasteiger partial charge in [-0.3, -0.25) is 9.59 Å². The molecule has 1 saturated heterocycles. The Morgan fingerprint density at radius 3 is 2.32 bits per heavy atom. The molecule has 1 fully saturated rings. The normalized spacial score (nSPS) is 15.8. The van der Waals surface area contributed by atoms with Gasteiger partial charge in [0.25, 0.3) is 0 Å². The highest BCUT2D eigenvalue weighted by Gasteiger charge is 2.16. The molecule has 0 aliphatic carbocycles. The predicted molar refractivity (Wildman–Crippen MR) is 91.3 cm³/mol. The van der Waals surface area contributed by atoms with E-state index in [0.29, 0.717) is 13.0 Å². The Morgan fingerprint density at radius 1 is 1.09 bits per heavy atom. The van der Waals surface area contributed by atoms with Gasteiger partial charge in [-0.25, -0.2) is 0 Å². The van der Waals surface area contributed by atoms with Gasteiger partial charge in [-0.15, -0.1) is 12.4 Å². The molecule has 0 aromatic heterocycles. The van der Waals surface area contributed by atoms with Crippen LogP contribution in [0.2, 0.25) is 0 Å². The highest BCUT2D eigenvalue weighted by Crippen LogP contribution is 2.17. The number of carbonyl (C=O) groups is 2. The van der Waals surface area contributed by atoms with Crippen LogP contribution in [0.25, 0.3) is 0 Å². The van der Waals surface area contributed by atoms with E-state index in [2.05, 4.69) is 20.9 Å². The molecule has 0 radical (unpaired) electrons. The molecule has 22 heavy (non-hydrogen) atoms. The summed E-state index contributed by atoms with van der Waals surface area (Å²) in [7, 11) is 0. The second-order valence-electron chi connectivity index (χ2n) is 6.81. The van der Waals surface area contributed by atoms with Crippen LogP contribution < -0.4 is 16.0 Å². The lowest BCUT2D eigenvalue weighted by molar-refractivity contribution is -0.127. The maximum atomic E-state index is 11.6. The summed E-state index contributed by atoms with van der Waals surface area (Å²) in [5.41, 5.74) is -0.0517. The van der Waals surface area contributed by atoms with E-state index in [-0.39, 0.29) is 36.2 Å². The van der Waals surface area contributed by atoms with Crippen LogP contribution in [0.15, 0.2) is 0 Å². The lowest BCUT2D eigenvalue weighted by Crippen LogP contribution is -2.44. The number of rotatable bonds is 7. The third-order valence-electron chi connectivity index (χ3n) is 3.32. The van der Waals surface area contributed by atoms with Gasteiger partial charge in [0, 0.05) is 39.1 Å². The van der Waals surface area contributed by atoms with Crippen LogP contribution in [0.5, 0.6) is 0 Å². The third-order valence-corrected chi connectivity index (χ3v) is 3.32. The van der Waals surface area contributed by atoms with Crippen LogP contribution in [-0.2, 0) is 9.59 Å². The van der Waals surface area contributed by atoms with Gasteiger partial charge >= 0.3 is 0 Å². The van der Waals surface area contributed by atoms with Crippen molar-refractivity contribution in [2.24, 2.45) is 5.41 Å². The largest absolute Gasteiger partial charge is 0.355 e. The van der Waals surface area contributed by atoms with Gasteiger partial charge in [0.2, 0.25) is 11.8 Å². The Kier molecular flexibility index (Phi) is 10.4. The van der Waals surface area contributed by atoms with Crippen molar-refractivity contribution in [3.8, 4) is 0 Å². The lowest BCUT2D eigenvalue weighted by Gasteiger charge is -2.27. The zero-order valence-electron chi connectivity index (χ0n) is 14.0. The summed E-state index contributed by atoms with van der Waals surface area (Å²) in [6.45, 7) is 12.0. The summed E-state index contributed by atoms with van der Waals surface area (Å²) < 4.78 is 0. The highest BCUT2D eigenvalue weighted by atomic mass is 35.5. The van der Waals surface area contributed by atoms with Crippen molar-refractivity contribution in [3.05, 3.63) is 0 Å². The van der Waals surface area contributed by atoms with Crippen LogP contribution in [0.4, 0.5) is 0 Å². The number of piperazine rings is 1. The first kappa shape index (κ1) is 21.1. The highest BCUT2D eigenvalue weighted by molar-refractivity contribution is 5.85. The number of halogens is 1. The van der Waals surface area contributed by atoms with E-state index in [1.54, 1.807) is 0 Å². The maximum absolute atomic E-state index is 11.6. The second-order valence-corrected chi connectivity index (χ2v) is 6.81. The van der Waals surface area contributed by atoms with Crippen LogP contribution in [-0.4, -0.2) is 62.5 Å². The minimum absolute atomic E-state index is 0. The van der Waals surface area contributed by atoms with Gasteiger partial charge in [-0.2, -0.15) is 0 Å². The standard InChI is InChI=1S/C15H30N4O2.ClH/c1-15(2,3)11-13(20)18-12-14(21)17-5-4-8-19-9-6-16-7-10-19;/h16H,4-12H2,1-3H3,(H,17,21)(H,18,20);1H. The minimum atomic E-state index is -0.113. The SMILES string of the molecule is CC(C)(C)CC(=O)NCC(=O)NCCCN1CCNCC1.Cl. The summed E-state index contributed by atoms with van der Waals surface area (Å²) in [6, 6.07) is 0. The molecule has 3 N–H and O–H groups in total. The molecule has 2 amide bonds. The zero-order valence-corrected chi connectivity index (χ0v) is 14.9. The molecule has 0 unspecified atom stereocenters. The number of nitrogens with zero attached hydrogens (tertiary/aromatic N) is 1. The Hall–Kier alpha value is -0.850. The average molecular weight is 335 g/mol. The van der Waals surface area contributed by atoms with Gasteiger partial charge in [0.1, 0.15) is 0 Å². The molecule has 7 heteroatoms. The fourth-order valence-corrected chi connectivity index (χ4v) is 2.25. The smallest absolute Gasteiger partial charge is 0.239 e. The van der Waals surface area contributed by atoms with Crippen molar-refractivity contribution >= 4 is 24.2 Å². The fourth-order valence-electron chi connectivity index (χ4n) is 2.25. The molecule has 1 heterocycles. The summed E-state index contributed by atoms with van der Waals surface area (Å²) in [6.07, 6.45) is 1.38. The molecule has 6 nitrogen and oxygen atoms in total. The van der Waals surface area contributed by atoms with Crippen LogP contribution in [0, 0.1) is 5.41 Å². The summed E-state index contributed by atoms with van der Waals surface area (Å²) >= 11 is 0. The maximum Gasteiger partial charge on any atom is 0.239 e. The Balaban J connectivity index is 0.00000441. The molecule has 0 atom stereocenters. The lowest BCUT2D eigenvalue weighted by atomic mass is 9.92. The molecule has 0 aromatic carbocycles. The minimum Gasteiger partial charge on any atom is -0.355 e. The Bertz CT molecular complexity index is 339. The van der Waals surface area contributed by atoms with Gasteiger partial charge in [0.15, 0.2) is 0 Å². The summed E-state index contributed by atoms with van der Waals surface area (Å²) in [4.78, 5) is 25.6. The van der Waals surface area contributed by atoms with Gasteiger partial charge in [0.05, 0.1) is 6.54 Å². The van der Waals surface area contributed by atoms with Crippen molar-refractivity contribution in [1.82, 2.24) is 20.9 Å². The summed E-state index contributed by atoms with van der Waals surface area (Å²) in [5, 5.41) is 8.82. The van der Waals surface area contributed by atoms with Crippen molar-refractivity contribution in [2.75, 3.05) is 45.8 Å². The first-order chi connectivity index (χ1) is 9.87. The first-order valence-electron chi connectivity index (χ1n) is 7.83. The van der Waals surface area contributed by atoms with Crippen molar-refractivity contribution in [2.45, 2.75) is 33.6 Å². The predicted octanol–water partition coefficient (Wildman–Crippen LogP) is 0.372. The van der Waals surface area contributed by atoms with Crippen LogP contribution in [0.3, 0.4) is 0 Å². The van der Waals surface area contributed by atoms with E-state index >= 15 is 0 Å².